The van der Waals surface area contributed by atoms with Crippen LogP contribution in [0.5, 0.6) is 5.75 Å². The Morgan fingerprint density at radius 3 is 1.78 bits per heavy atom. The highest BCUT2D eigenvalue weighted by molar-refractivity contribution is 9.09. The first-order valence-electron chi connectivity index (χ1n) is 10.6. The Morgan fingerprint density at radius 2 is 1.31 bits per heavy atom. The van der Waals surface area contributed by atoms with Crippen molar-refractivity contribution in [2.75, 3.05) is 7.11 Å². The number of hydrogen-bond donors (Lipinski definition) is 2. The average molecular weight is 494 g/mol. The number of aliphatic hydroxyl groups is 2. The lowest BCUT2D eigenvalue weighted by Crippen LogP contribution is -2.60. The number of piperidine rings is 1. The number of likely N-dealkylation sites (tertiary alicyclic amines) is 1. The molecule has 0 spiro atoms. The lowest BCUT2D eigenvalue weighted by atomic mass is 9.74. The van der Waals surface area contributed by atoms with Gasteiger partial charge in [0.25, 0.3) is 0 Å². The minimum Gasteiger partial charge on any atom is -0.497 e. The van der Waals surface area contributed by atoms with Gasteiger partial charge >= 0.3 is 0 Å². The van der Waals surface area contributed by atoms with Gasteiger partial charge in [-0.05, 0) is 28.8 Å². The summed E-state index contributed by atoms with van der Waals surface area (Å²) in [6, 6.07) is 26.8. The quantitative estimate of drug-likeness (QED) is 0.422. The van der Waals surface area contributed by atoms with E-state index >= 15 is 0 Å². The zero-order chi connectivity index (χ0) is 22.5. The maximum Gasteiger partial charge on any atom is 0.231 e. The Kier molecular flexibility index (Phi) is 5.32. The Hall–Kier alpha value is -2.67. The molecule has 1 heterocycles. The van der Waals surface area contributed by atoms with Crippen molar-refractivity contribution in [2.45, 2.75) is 28.6 Å². The van der Waals surface area contributed by atoms with Gasteiger partial charge in [-0.3, -0.25) is 4.79 Å². The zero-order valence-electron chi connectivity index (χ0n) is 17.5. The molecule has 1 aliphatic heterocycles. The van der Waals surface area contributed by atoms with Crippen LogP contribution in [0.1, 0.15) is 16.7 Å². The SMILES string of the molecule is COc1ccc(C(c2ccccc2)(c2ccccc2)N2C(=O)[C@@H]3[C@@H](O)[C@@H](O)[C@H]2[C@H]3Br)cc1. The predicted molar refractivity (Wildman–Crippen MR) is 125 cm³/mol. The number of rotatable bonds is 5. The van der Waals surface area contributed by atoms with Gasteiger partial charge in [0, 0.05) is 0 Å². The molecule has 1 saturated heterocycles. The van der Waals surface area contributed by atoms with Gasteiger partial charge in [0.05, 0.1) is 30.0 Å². The Morgan fingerprint density at radius 1 is 0.812 bits per heavy atom. The van der Waals surface area contributed by atoms with Crippen LogP contribution in [0.25, 0.3) is 0 Å². The standard InChI is InChI=1S/C26H24BrNO4/c1-32-19-14-12-18(13-15-19)26(16-8-4-2-5-9-16,17-10-6-3-7-11-17)28-22-21(27)20(25(28)31)23(29)24(22)30/h2-15,20-24,29-30H,1H3/t20-,21-,22+,23+,24-/m0/s1. The molecule has 0 radical (unpaired) electrons. The zero-order valence-corrected chi connectivity index (χ0v) is 19.1. The molecule has 1 aliphatic carbocycles. The fraction of sp³-hybridized carbons (Fsp3) is 0.269. The number of nitrogens with zero attached hydrogens (tertiary/aromatic N) is 1. The molecule has 5 atom stereocenters. The van der Waals surface area contributed by atoms with E-state index in [1.807, 2.05) is 84.9 Å². The van der Waals surface area contributed by atoms with Gasteiger partial charge in [-0.15, -0.1) is 0 Å². The summed E-state index contributed by atoms with van der Waals surface area (Å²) in [7, 11) is 1.62. The van der Waals surface area contributed by atoms with Gasteiger partial charge in [0.2, 0.25) is 5.91 Å². The van der Waals surface area contributed by atoms with Crippen LogP contribution in [0.2, 0.25) is 0 Å². The van der Waals surface area contributed by atoms with Crippen LogP contribution in [0, 0.1) is 5.92 Å². The van der Waals surface area contributed by atoms with E-state index in [0.29, 0.717) is 5.75 Å². The minimum atomic E-state index is -1.09. The molecule has 2 N–H and O–H groups in total. The number of amides is 1. The third-order valence-corrected chi connectivity index (χ3v) is 7.92. The fourth-order valence-electron chi connectivity index (χ4n) is 5.39. The maximum atomic E-state index is 13.8. The summed E-state index contributed by atoms with van der Waals surface area (Å²) in [5.74, 6) is -0.176. The molecule has 0 aromatic heterocycles. The Labute approximate surface area is 195 Å². The van der Waals surface area contributed by atoms with E-state index in [9.17, 15) is 15.0 Å². The monoisotopic (exact) mass is 493 g/mol. The number of fused-ring (bicyclic) bond motifs is 2. The number of alkyl halides is 1. The highest BCUT2D eigenvalue weighted by atomic mass is 79.9. The number of methoxy groups -OCH3 is 1. The molecule has 2 bridgehead atoms. The highest BCUT2D eigenvalue weighted by Gasteiger charge is 2.66. The first-order chi connectivity index (χ1) is 15.5. The van der Waals surface area contributed by atoms with Crippen molar-refractivity contribution in [3.05, 3.63) is 102 Å². The molecule has 5 rings (SSSR count). The van der Waals surface area contributed by atoms with E-state index in [1.54, 1.807) is 12.0 Å². The van der Waals surface area contributed by atoms with Crippen LogP contribution in [0.15, 0.2) is 84.9 Å². The van der Waals surface area contributed by atoms with Crippen LogP contribution in [-0.4, -0.2) is 51.2 Å². The first kappa shape index (κ1) is 21.2. The maximum absolute atomic E-state index is 13.8. The van der Waals surface area contributed by atoms with Crippen LogP contribution in [-0.2, 0) is 10.3 Å². The van der Waals surface area contributed by atoms with E-state index in [1.165, 1.54) is 0 Å². The first-order valence-corrected chi connectivity index (χ1v) is 11.5. The normalized spacial score (nSPS) is 27.1. The molecule has 6 heteroatoms. The second kappa shape index (κ2) is 8.03. The lowest BCUT2D eigenvalue weighted by molar-refractivity contribution is -0.152. The molecule has 3 aromatic carbocycles. The third kappa shape index (κ3) is 2.86. The van der Waals surface area contributed by atoms with Crippen molar-refractivity contribution < 1.29 is 19.7 Å². The van der Waals surface area contributed by atoms with Crippen molar-refractivity contribution in [3.8, 4) is 5.75 Å². The molecule has 1 amide bonds. The Bertz CT molecular complexity index is 1070. The van der Waals surface area contributed by atoms with Crippen molar-refractivity contribution >= 4 is 21.8 Å². The second-order valence-corrected chi connectivity index (χ2v) is 9.38. The summed E-state index contributed by atoms with van der Waals surface area (Å²) in [6.45, 7) is 0. The number of carbonyl (C=O) groups is 1. The summed E-state index contributed by atoms with van der Waals surface area (Å²) < 4.78 is 5.38. The number of carbonyl (C=O) groups excluding carboxylic acids is 1. The van der Waals surface area contributed by atoms with E-state index in [4.69, 9.17) is 4.74 Å². The number of halogens is 1. The molecule has 2 aliphatic rings. The van der Waals surface area contributed by atoms with Crippen molar-refractivity contribution in [1.82, 2.24) is 4.90 Å². The van der Waals surface area contributed by atoms with E-state index in [0.717, 1.165) is 16.7 Å². The van der Waals surface area contributed by atoms with Gasteiger partial charge in [-0.25, -0.2) is 0 Å². The highest BCUT2D eigenvalue weighted by Crippen LogP contribution is 2.53. The van der Waals surface area contributed by atoms with Gasteiger partial charge < -0.3 is 19.8 Å². The van der Waals surface area contributed by atoms with Gasteiger partial charge in [-0.1, -0.05) is 88.7 Å². The second-order valence-electron chi connectivity index (χ2n) is 8.32. The van der Waals surface area contributed by atoms with E-state index < -0.39 is 29.7 Å². The number of hydrogen-bond acceptors (Lipinski definition) is 4. The molecule has 32 heavy (non-hydrogen) atoms. The summed E-state index contributed by atoms with van der Waals surface area (Å²) in [5.41, 5.74) is 1.67. The van der Waals surface area contributed by atoms with Crippen LogP contribution in [0.3, 0.4) is 0 Å². The van der Waals surface area contributed by atoms with Crippen LogP contribution < -0.4 is 4.74 Å². The molecule has 0 unspecified atom stereocenters. The van der Waals surface area contributed by atoms with Crippen LogP contribution in [0.4, 0.5) is 0 Å². The largest absolute Gasteiger partial charge is 0.497 e. The van der Waals surface area contributed by atoms with Gasteiger partial charge in [0.15, 0.2) is 0 Å². The molecule has 2 fully saturated rings. The fourth-order valence-corrected chi connectivity index (χ4v) is 6.47. The third-order valence-electron chi connectivity index (χ3n) is 6.81. The van der Waals surface area contributed by atoms with Gasteiger partial charge in [0.1, 0.15) is 17.4 Å². The summed E-state index contributed by atoms with van der Waals surface area (Å²) in [4.78, 5) is 15.2. The minimum absolute atomic E-state index is 0.182. The van der Waals surface area contributed by atoms with Crippen LogP contribution >= 0.6 is 15.9 Å². The topological polar surface area (TPSA) is 70.0 Å². The Balaban J connectivity index is 1.84. The molecule has 1 saturated carbocycles. The molecular weight excluding hydrogens is 470 g/mol. The number of ether oxygens (including phenoxy) is 1. The molecular formula is C26H24BrNO4. The van der Waals surface area contributed by atoms with Crippen molar-refractivity contribution in [1.29, 1.82) is 0 Å². The van der Waals surface area contributed by atoms with Crippen molar-refractivity contribution in [2.24, 2.45) is 5.92 Å². The molecule has 3 aromatic rings. The lowest BCUT2D eigenvalue weighted by Gasteiger charge is -2.49. The van der Waals surface area contributed by atoms with Gasteiger partial charge in [-0.2, -0.15) is 0 Å². The number of aliphatic hydroxyl groups excluding tert-OH is 2. The summed E-state index contributed by atoms with van der Waals surface area (Å²) in [6.07, 6.45) is -2.14. The summed E-state index contributed by atoms with van der Waals surface area (Å²) >= 11 is 3.62. The predicted octanol–water partition coefficient (Wildman–Crippen LogP) is 3.31. The average Bonchev–Trinajstić information content (AvgIpc) is 3.22. The van der Waals surface area contributed by atoms with Crippen molar-refractivity contribution in [3.63, 3.8) is 0 Å². The smallest absolute Gasteiger partial charge is 0.231 e. The van der Waals surface area contributed by atoms with E-state index in [-0.39, 0.29) is 10.7 Å². The molecule has 164 valence electrons. The van der Waals surface area contributed by atoms with E-state index in [2.05, 4.69) is 15.9 Å². The molecule has 5 nitrogen and oxygen atoms in total. The summed E-state index contributed by atoms with van der Waals surface area (Å²) in [5, 5.41) is 21.5. The number of benzene rings is 3.